The maximum Gasteiger partial charge on any atom is 0.224 e. The Bertz CT molecular complexity index is 302. The molecule has 1 aliphatic carbocycles. The molecule has 2 nitrogen and oxygen atoms in total. The van der Waals surface area contributed by atoms with E-state index in [1.807, 2.05) is 0 Å². The first-order valence-corrected chi connectivity index (χ1v) is 6.74. The van der Waals surface area contributed by atoms with Gasteiger partial charge in [-0.25, -0.2) is 0 Å². The second kappa shape index (κ2) is 3.90. The average molecular weight is 244 g/mol. The van der Waals surface area contributed by atoms with Crippen LogP contribution in [0.15, 0.2) is 0 Å². The van der Waals surface area contributed by atoms with Gasteiger partial charge in [-0.15, -0.1) is 11.6 Å². The van der Waals surface area contributed by atoms with E-state index >= 15 is 0 Å². The molecule has 2 bridgehead atoms. The molecule has 0 spiro atoms. The number of likely N-dealkylation sites (tertiary alicyclic amines) is 1. The summed E-state index contributed by atoms with van der Waals surface area (Å²) in [5, 5.41) is 0. The zero-order valence-electron chi connectivity index (χ0n) is 10.6. The summed E-state index contributed by atoms with van der Waals surface area (Å²) in [6.45, 7) is 7.92. The molecule has 92 valence electrons. The van der Waals surface area contributed by atoms with Crippen molar-refractivity contribution in [1.29, 1.82) is 0 Å². The van der Waals surface area contributed by atoms with Gasteiger partial charge in [0.1, 0.15) is 0 Å². The van der Waals surface area contributed by atoms with Gasteiger partial charge in [-0.2, -0.15) is 0 Å². The average Bonchev–Trinajstić information content (AvgIpc) is 2.35. The highest BCUT2D eigenvalue weighted by Crippen LogP contribution is 2.52. The molecular weight excluding hydrogens is 222 g/mol. The number of hydrogen-bond acceptors (Lipinski definition) is 1. The highest BCUT2D eigenvalue weighted by molar-refractivity contribution is 6.18. The predicted molar refractivity (Wildman–Crippen MR) is 66.6 cm³/mol. The van der Waals surface area contributed by atoms with Gasteiger partial charge >= 0.3 is 0 Å². The van der Waals surface area contributed by atoms with Gasteiger partial charge < -0.3 is 4.90 Å². The molecule has 2 fully saturated rings. The van der Waals surface area contributed by atoms with Crippen molar-refractivity contribution in [3.05, 3.63) is 0 Å². The summed E-state index contributed by atoms with van der Waals surface area (Å²) in [7, 11) is 0. The standard InChI is InChI=1S/C13H22ClNO/c1-12(2)6-10-7-13(3,8-12)9-15(10)11(16)4-5-14/h10H,4-9H2,1-3H3/t10-,13+/m0/s1. The second-order valence-corrected chi connectivity index (χ2v) is 7.05. The summed E-state index contributed by atoms with van der Waals surface area (Å²) in [5.41, 5.74) is 0.724. The van der Waals surface area contributed by atoms with Gasteiger partial charge in [-0.05, 0) is 30.1 Å². The Morgan fingerprint density at radius 1 is 1.38 bits per heavy atom. The van der Waals surface area contributed by atoms with Crippen LogP contribution in [0, 0.1) is 10.8 Å². The Hall–Kier alpha value is -0.240. The number of fused-ring (bicyclic) bond motifs is 2. The number of carbonyl (C=O) groups is 1. The van der Waals surface area contributed by atoms with Crippen LogP contribution in [0.2, 0.25) is 0 Å². The van der Waals surface area contributed by atoms with Crippen LogP contribution in [-0.2, 0) is 4.79 Å². The van der Waals surface area contributed by atoms with Crippen molar-refractivity contribution in [1.82, 2.24) is 4.90 Å². The number of rotatable bonds is 2. The zero-order valence-corrected chi connectivity index (χ0v) is 11.3. The summed E-state index contributed by atoms with van der Waals surface area (Å²) in [5.74, 6) is 0.698. The molecule has 0 unspecified atom stereocenters. The summed E-state index contributed by atoms with van der Waals surface area (Å²) in [6.07, 6.45) is 4.07. The number of halogens is 1. The smallest absolute Gasteiger partial charge is 0.224 e. The first-order chi connectivity index (χ1) is 7.35. The van der Waals surface area contributed by atoms with E-state index in [2.05, 4.69) is 25.7 Å². The van der Waals surface area contributed by atoms with Crippen molar-refractivity contribution >= 4 is 17.5 Å². The van der Waals surface area contributed by atoms with Crippen molar-refractivity contribution in [2.24, 2.45) is 10.8 Å². The zero-order chi connectivity index (χ0) is 12.0. The maximum atomic E-state index is 12.0. The van der Waals surface area contributed by atoms with E-state index in [4.69, 9.17) is 11.6 Å². The Morgan fingerprint density at radius 2 is 2.06 bits per heavy atom. The van der Waals surface area contributed by atoms with Crippen LogP contribution in [0.1, 0.15) is 46.5 Å². The SMILES string of the molecule is CC1(C)C[C@H]2C[C@@](C)(CN2C(=O)CCCl)C1. The van der Waals surface area contributed by atoms with Gasteiger partial charge in [0.25, 0.3) is 0 Å². The number of nitrogens with zero attached hydrogens (tertiary/aromatic N) is 1. The first-order valence-electron chi connectivity index (χ1n) is 6.21. The number of hydrogen-bond donors (Lipinski definition) is 0. The van der Waals surface area contributed by atoms with E-state index in [-0.39, 0.29) is 5.91 Å². The molecule has 1 heterocycles. The summed E-state index contributed by atoms with van der Waals surface area (Å²) < 4.78 is 0. The van der Waals surface area contributed by atoms with Crippen LogP contribution < -0.4 is 0 Å². The maximum absolute atomic E-state index is 12.0. The fourth-order valence-corrected chi connectivity index (χ4v) is 4.14. The molecule has 1 amide bonds. The largest absolute Gasteiger partial charge is 0.339 e. The fourth-order valence-electron chi connectivity index (χ4n) is 3.98. The molecule has 1 aliphatic heterocycles. The van der Waals surface area contributed by atoms with E-state index in [0.29, 0.717) is 29.2 Å². The van der Waals surface area contributed by atoms with Gasteiger partial charge in [-0.3, -0.25) is 4.79 Å². The van der Waals surface area contributed by atoms with Gasteiger partial charge in [0, 0.05) is 24.9 Å². The van der Waals surface area contributed by atoms with Gasteiger partial charge in [0.2, 0.25) is 5.91 Å². The Labute approximate surface area is 103 Å². The Balaban J connectivity index is 2.13. The van der Waals surface area contributed by atoms with Gasteiger partial charge in [0.15, 0.2) is 0 Å². The normalized spacial score (nSPS) is 36.5. The van der Waals surface area contributed by atoms with Gasteiger partial charge in [0.05, 0.1) is 0 Å². The lowest BCUT2D eigenvalue weighted by atomic mass is 9.65. The first kappa shape index (κ1) is 12.2. The van der Waals surface area contributed by atoms with E-state index < -0.39 is 0 Å². The molecule has 1 saturated heterocycles. The monoisotopic (exact) mass is 243 g/mol. The third kappa shape index (κ3) is 2.22. The third-order valence-electron chi connectivity index (χ3n) is 4.04. The summed E-state index contributed by atoms with van der Waals surface area (Å²) >= 11 is 5.66. The molecule has 3 heteroatoms. The highest BCUT2D eigenvalue weighted by atomic mass is 35.5. The summed E-state index contributed by atoms with van der Waals surface area (Å²) in [6, 6.07) is 0.462. The quantitative estimate of drug-likeness (QED) is 0.683. The second-order valence-electron chi connectivity index (χ2n) is 6.67. The molecule has 0 aromatic carbocycles. The van der Waals surface area contributed by atoms with Crippen LogP contribution in [0.5, 0.6) is 0 Å². The lowest BCUT2D eigenvalue weighted by molar-refractivity contribution is -0.131. The summed E-state index contributed by atoms with van der Waals surface area (Å²) in [4.78, 5) is 14.1. The van der Waals surface area contributed by atoms with Crippen LogP contribution >= 0.6 is 11.6 Å². The van der Waals surface area contributed by atoms with Crippen molar-refractivity contribution in [3.63, 3.8) is 0 Å². The molecule has 1 saturated carbocycles. The van der Waals surface area contributed by atoms with E-state index in [1.165, 1.54) is 12.8 Å². The van der Waals surface area contributed by atoms with Gasteiger partial charge in [-0.1, -0.05) is 20.8 Å². The lowest BCUT2D eigenvalue weighted by Gasteiger charge is -2.39. The molecule has 2 atom stereocenters. The van der Waals surface area contributed by atoms with Crippen LogP contribution in [0.4, 0.5) is 0 Å². The molecule has 2 rings (SSSR count). The van der Waals surface area contributed by atoms with Crippen LogP contribution in [0.25, 0.3) is 0 Å². The Morgan fingerprint density at radius 3 is 2.69 bits per heavy atom. The molecular formula is C13H22ClNO. The molecule has 0 aromatic rings. The van der Waals surface area contributed by atoms with Crippen molar-refractivity contribution in [2.75, 3.05) is 12.4 Å². The number of carbonyl (C=O) groups excluding carboxylic acids is 1. The number of amides is 1. The fraction of sp³-hybridized carbons (Fsp3) is 0.923. The van der Waals surface area contributed by atoms with Crippen molar-refractivity contribution in [3.8, 4) is 0 Å². The van der Waals surface area contributed by atoms with E-state index in [0.717, 1.165) is 13.0 Å². The number of alkyl halides is 1. The minimum Gasteiger partial charge on any atom is -0.339 e. The Kier molecular flexibility index (Phi) is 2.98. The topological polar surface area (TPSA) is 20.3 Å². The van der Waals surface area contributed by atoms with Crippen molar-refractivity contribution < 1.29 is 4.79 Å². The predicted octanol–water partition coefficient (Wildman–Crippen LogP) is 3.04. The minimum absolute atomic E-state index is 0.251. The molecule has 0 aromatic heterocycles. The van der Waals surface area contributed by atoms with Crippen molar-refractivity contribution in [2.45, 2.75) is 52.5 Å². The molecule has 0 N–H and O–H groups in total. The molecule has 16 heavy (non-hydrogen) atoms. The van der Waals surface area contributed by atoms with Crippen LogP contribution in [0.3, 0.4) is 0 Å². The minimum atomic E-state index is 0.251. The van der Waals surface area contributed by atoms with Crippen LogP contribution in [-0.4, -0.2) is 29.3 Å². The highest BCUT2D eigenvalue weighted by Gasteiger charge is 2.50. The molecule has 2 aliphatic rings. The molecule has 0 radical (unpaired) electrons. The van der Waals surface area contributed by atoms with E-state index in [9.17, 15) is 4.79 Å². The lowest BCUT2D eigenvalue weighted by Crippen LogP contribution is -2.37. The van der Waals surface area contributed by atoms with E-state index in [1.54, 1.807) is 0 Å². The third-order valence-corrected chi connectivity index (χ3v) is 4.23.